The van der Waals surface area contributed by atoms with Crippen molar-refractivity contribution in [3.63, 3.8) is 0 Å². The number of aliphatic hydroxyl groups is 1. The molecule has 2 aliphatic carbocycles. The van der Waals surface area contributed by atoms with Crippen molar-refractivity contribution in [1.82, 2.24) is 19.5 Å². The molecule has 8 heteroatoms. The number of aliphatic hydroxyl groups excluding tert-OH is 1. The zero-order chi connectivity index (χ0) is 23.6. The van der Waals surface area contributed by atoms with Crippen LogP contribution >= 0.6 is 11.3 Å². The van der Waals surface area contributed by atoms with Crippen molar-refractivity contribution >= 4 is 34.3 Å². The summed E-state index contributed by atoms with van der Waals surface area (Å²) < 4.78 is 2.25. The van der Waals surface area contributed by atoms with Gasteiger partial charge in [-0.15, -0.1) is 11.3 Å². The molecular weight excluding hydrogens is 456 g/mol. The average Bonchev–Trinajstić information content (AvgIpc) is 3.66. The van der Waals surface area contributed by atoms with Gasteiger partial charge in [0.15, 0.2) is 17.0 Å². The van der Waals surface area contributed by atoms with Crippen LogP contribution in [-0.4, -0.2) is 36.8 Å². The van der Waals surface area contributed by atoms with E-state index in [9.17, 15) is 5.11 Å². The fourth-order valence-electron chi connectivity index (χ4n) is 5.37. The summed E-state index contributed by atoms with van der Waals surface area (Å²) in [5.74, 6) is 1.42. The first kappa shape index (κ1) is 22.5. The predicted octanol–water partition coefficient (Wildman–Crippen LogP) is 6.00. The van der Waals surface area contributed by atoms with Crippen LogP contribution in [0.15, 0.2) is 48.1 Å². The Balaban J connectivity index is 1.25. The minimum Gasteiger partial charge on any atom is -0.393 e. The van der Waals surface area contributed by atoms with Gasteiger partial charge in [-0.25, -0.2) is 4.98 Å². The van der Waals surface area contributed by atoms with Gasteiger partial charge in [0.1, 0.15) is 0 Å². The van der Waals surface area contributed by atoms with Crippen molar-refractivity contribution in [3.8, 4) is 10.4 Å². The van der Waals surface area contributed by atoms with E-state index in [1.54, 1.807) is 11.3 Å². The van der Waals surface area contributed by atoms with Gasteiger partial charge >= 0.3 is 0 Å². The number of nitrogens with one attached hydrogen (secondary N) is 2. The maximum atomic E-state index is 9.88. The Morgan fingerprint density at radius 3 is 2.51 bits per heavy atom. The quantitative estimate of drug-likeness (QED) is 0.296. The molecule has 7 nitrogen and oxygen atoms in total. The van der Waals surface area contributed by atoms with Gasteiger partial charge in [-0.05, 0) is 61.1 Å². The van der Waals surface area contributed by atoms with Crippen LogP contribution < -0.4 is 10.6 Å². The Morgan fingerprint density at radius 2 is 1.77 bits per heavy atom. The van der Waals surface area contributed by atoms with Crippen LogP contribution in [0.5, 0.6) is 0 Å². The fraction of sp³-hybridized carbons (Fsp3) is 0.444. The minimum atomic E-state index is -0.177. The first-order chi connectivity index (χ1) is 17.2. The number of benzene rings is 1. The largest absolute Gasteiger partial charge is 0.393 e. The van der Waals surface area contributed by atoms with E-state index in [2.05, 4.69) is 57.0 Å². The number of anilines is 2. The summed E-state index contributed by atoms with van der Waals surface area (Å²) in [4.78, 5) is 15.8. The van der Waals surface area contributed by atoms with E-state index in [1.807, 2.05) is 6.33 Å². The Morgan fingerprint density at radius 1 is 0.971 bits per heavy atom. The van der Waals surface area contributed by atoms with Crippen molar-refractivity contribution < 1.29 is 5.11 Å². The molecule has 6 rings (SSSR count). The molecule has 2 saturated carbocycles. The van der Waals surface area contributed by atoms with Crippen molar-refractivity contribution in [2.45, 2.75) is 76.1 Å². The van der Waals surface area contributed by atoms with E-state index in [1.165, 1.54) is 41.7 Å². The second-order valence-electron chi connectivity index (χ2n) is 9.84. The summed E-state index contributed by atoms with van der Waals surface area (Å²) in [7, 11) is 0. The molecule has 3 aromatic heterocycles. The molecule has 4 aromatic rings. The molecule has 3 heterocycles. The number of aromatic nitrogens is 4. The van der Waals surface area contributed by atoms with E-state index < -0.39 is 0 Å². The van der Waals surface area contributed by atoms with E-state index in [-0.39, 0.29) is 12.1 Å². The fourth-order valence-corrected chi connectivity index (χ4v) is 6.11. The Hall–Kier alpha value is -2.97. The number of rotatable bonds is 7. The number of hydrogen-bond donors (Lipinski definition) is 3. The second kappa shape index (κ2) is 9.95. The zero-order valence-corrected chi connectivity index (χ0v) is 20.7. The molecule has 35 heavy (non-hydrogen) atoms. The molecule has 2 fully saturated rings. The van der Waals surface area contributed by atoms with Crippen LogP contribution in [0, 0.1) is 0 Å². The highest BCUT2D eigenvalue weighted by Crippen LogP contribution is 2.33. The molecular formula is C27H32N6OS. The predicted molar refractivity (Wildman–Crippen MR) is 142 cm³/mol. The first-order valence-corrected chi connectivity index (χ1v) is 13.7. The first-order valence-electron chi connectivity index (χ1n) is 12.8. The smallest absolute Gasteiger partial charge is 0.227 e. The van der Waals surface area contributed by atoms with Gasteiger partial charge in [0, 0.05) is 23.5 Å². The number of thiophene rings is 1. The second-order valence-corrected chi connectivity index (χ2v) is 10.8. The molecule has 182 valence electrons. The summed E-state index contributed by atoms with van der Waals surface area (Å²) in [5, 5.41) is 19.1. The van der Waals surface area contributed by atoms with Crippen LogP contribution in [0.4, 0.5) is 11.8 Å². The van der Waals surface area contributed by atoms with E-state index in [4.69, 9.17) is 15.0 Å². The van der Waals surface area contributed by atoms with E-state index in [0.29, 0.717) is 18.5 Å². The van der Waals surface area contributed by atoms with Crippen LogP contribution in [0.3, 0.4) is 0 Å². The van der Waals surface area contributed by atoms with Crippen LogP contribution in [0.2, 0.25) is 0 Å². The summed E-state index contributed by atoms with van der Waals surface area (Å²) in [6, 6.07) is 13.7. The van der Waals surface area contributed by atoms with Crippen molar-refractivity contribution in [1.29, 1.82) is 0 Å². The van der Waals surface area contributed by atoms with Gasteiger partial charge in [0.2, 0.25) is 5.95 Å². The number of imidazole rings is 1. The summed E-state index contributed by atoms with van der Waals surface area (Å²) in [6.45, 7) is 0.669. The van der Waals surface area contributed by atoms with E-state index >= 15 is 0 Å². The third kappa shape index (κ3) is 4.90. The highest BCUT2D eigenvalue weighted by Gasteiger charge is 2.24. The van der Waals surface area contributed by atoms with Crippen molar-refractivity contribution in [2.24, 2.45) is 0 Å². The number of fused-ring (bicyclic) bond motifs is 1. The van der Waals surface area contributed by atoms with Gasteiger partial charge in [0.05, 0.1) is 12.4 Å². The lowest BCUT2D eigenvalue weighted by molar-refractivity contribution is 0.126. The third-order valence-corrected chi connectivity index (χ3v) is 8.31. The molecule has 0 bridgehead atoms. The standard InChI is InChI=1S/C27H32N6OS/c34-22-13-11-20(12-14-22)30-27-31-25(24-26(32-27)33(17-29-24)21-4-1-2-5-21)28-16-18-7-9-19(10-8-18)23-6-3-15-35-23/h3,6-10,15,17,20-22,34H,1-2,4-5,11-14,16H2,(H2,28,30,31,32). The lowest BCUT2D eigenvalue weighted by Gasteiger charge is -2.26. The number of nitrogens with zero attached hydrogens (tertiary/aromatic N) is 4. The third-order valence-electron chi connectivity index (χ3n) is 7.39. The maximum Gasteiger partial charge on any atom is 0.227 e. The molecule has 0 unspecified atom stereocenters. The van der Waals surface area contributed by atoms with Gasteiger partial charge < -0.3 is 20.3 Å². The Bertz CT molecular complexity index is 1260. The molecule has 0 aliphatic heterocycles. The normalized spacial score (nSPS) is 20.9. The maximum absolute atomic E-state index is 9.88. The number of hydrogen-bond acceptors (Lipinski definition) is 7. The average molecular weight is 489 g/mol. The summed E-state index contributed by atoms with van der Waals surface area (Å²) >= 11 is 1.76. The Labute approximate surface area is 209 Å². The van der Waals surface area contributed by atoms with Gasteiger partial charge in [-0.1, -0.05) is 43.2 Å². The molecule has 0 atom stereocenters. The summed E-state index contributed by atoms with van der Waals surface area (Å²) in [6.07, 6.45) is 10.2. The zero-order valence-electron chi connectivity index (χ0n) is 19.9. The molecule has 3 N–H and O–H groups in total. The van der Waals surface area contributed by atoms with Crippen LogP contribution in [0.1, 0.15) is 63.0 Å². The Kier molecular flexibility index (Phi) is 6.39. The highest BCUT2D eigenvalue weighted by atomic mass is 32.1. The molecule has 0 radical (unpaired) electrons. The molecule has 0 spiro atoms. The molecule has 2 aliphatic rings. The summed E-state index contributed by atoms with van der Waals surface area (Å²) in [5.41, 5.74) is 4.17. The van der Waals surface area contributed by atoms with Crippen molar-refractivity contribution in [2.75, 3.05) is 10.6 Å². The van der Waals surface area contributed by atoms with Gasteiger partial charge in [-0.2, -0.15) is 9.97 Å². The SMILES string of the molecule is OC1CCC(Nc2nc(NCc3ccc(-c4cccs4)cc3)c3ncn(C4CCCC4)c3n2)CC1. The van der Waals surface area contributed by atoms with E-state index in [0.717, 1.165) is 42.7 Å². The molecule has 0 saturated heterocycles. The van der Waals surface area contributed by atoms with Crippen molar-refractivity contribution in [3.05, 3.63) is 53.7 Å². The van der Waals surface area contributed by atoms with Gasteiger partial charge in [-0.3, -0.25) is 0 Å². The molecule has 0 amide bonds. The van der Waals surface area contributed by atoms with Gasteiger partial charge in [0.25, 0.3) is 0 Å². The molecule has 1 aromatic carbocycles. The van der Waals surface area contributed by atoms with Crippen LogP contribution in [0.25, 0.3) is 21.6 Å². The lowest BCUT2D eigenvalue weighted by atomic mass is 9.93. The topological polar surface area (TPSA) is 87.9 Å². The highest BCUT2D eigenvalue weighted by molar-refractivity contribution is 7.13. The lowest BCUT2D eigenvalue weighted by Crippen LogP contribution is -2.29. The van der Waals surface area contributed by atoms with Crippen LogP contribution in [-0.2, 0) is 6.54 Å². The monoisotopic (exact) mass is 488 g/mol. The minimum absolute atomic E-state index is 0.177.